The average Bonchev–Trinajstić information content (AvgIpc) is 3.34. The van der Waals surface area contributed by atoms with Crippen LogP contribution >= 0.6 is 11.3 Å². The largest absolute Gasteiger partial charge is 0.493 e. The Hall–Kier alpha value is -3.91. The number of ether oxygens (including phenoxy) is 2. The molecule has 2 aromatic carbocycles. The second-order valence-electron chi connectivity index (χ2n) is 8.32. The molecule has 8 heteroatoms. The van der Waals surface area contributed by atoms with Crippen molar-refractivity contribution < 1.29 is 9.47 Å². The van der Waals surface area contributed by atoms with Crippen LogP contribution in [-0.4, -0.2) is 36.1 Å². The van der Waals surface area contributed by atoms with Gasteiger partial charge in [0, 0.05) is 42.8 Å². The molecular weight excluding hydrogens is 470 g/mol. The van der Waals surface area contributed by atoms with E-state index in [9.17, 15) is 0 Å². The Bertz CT molecular complexity index is 1270. The fourth-order valence-electron chi connectivity index (χ4n) is 3.76. The van der Waals surface area contributed by atoms with Crippen LogP contribution in [0.15, 0.2) is 73.1 Å². The predicted octanol–water partition coefficient (Wildman–Crippen LogP) is 5.54. The first-order valence-corrected chi connectivity index (χ1v) is 12.8. The van der Waals surface area contributed by atoms with Gasteiger partial charge in [-0.2, -0.15) is 0 Å². The Morgan fingerprint density at radius 1 is 1.03 bits per heavy atom. The van der Waals surface area contributed by atoms with Gasteiger partial charge in [0.25, 0.3) is 0 Å². The van der Waals surface area contributed by atoms with E-state index in [4.69, 9.17) is 25.6 Å². The van der Waals surface area contributed by atoms with Gasteiger partial charge in [-0.05, 0) is 54.4 Å². The van der Waals surface area contributed by atoms with Crippen molar-refractivity contribution in [3.63, 3.8) is 0 Å². The summed E-state index contributed by atoms with van der Waals surface area (Å²) >= 11 is 1.73. The number of aromatic nitrogens is 2. The number of amidine groups is 1. The van der Waals surface area contributed by atoms with E-state index in [0.717, 1.165) is 40.7 Å². The number of nitrogens with one attached hydrogen (secondary N) is 1. The third-order valence-corrected chi connectivity index (χ3v) is 6.91. The number of hydrogen-bond donors (Lipinski definition) is 2. The van der Waals surface area contributed by atoms with Crippen LogP contribution in [0.1, 0.15) is 29.3 Å². The van der Waals surface area contributed by atoms with Gasteiger partial charge in [0.2, 0.25) is 0 Å². The van der Waals surface area contributed by atoms with E-state index in [0.29, 0.717) is 30.9 Å². The molecule has 3 N–H and O–H groups in total. The third-order valence-electron chi connectivity index (χ3n) is 5.60. The molecule has 2 heterocycles. The standard InChI is InChI=1S/C28H31N5O2S/c1-3-25-26(32-28(36-25)33(2)19-20-8-6-15-31-18-20)21-11-13-22(14-12-21)34-16-7-17-35-24-10-5-4-9-23(24)27(29)30/h4-6,8-15,18H,3,7,16-17,19H2,1-2H3,(H3,29,30). The summed E-state index contributed by atoms with van der Waals surface area (Å²) in [7, 11) is 2.06. The van der Waals surface area contributed by atoms with E-state index in [1.54, 1.807) is 23.6 Å². The topological polar surface area (TPSA) is 97.4 Å². The molecule has 7 nitrogen and oxygen atoms in total. The van der Waals surface area contributed by atoms with Crippen LogP contribution < -0.4 is 20.1 Å². The Labute approximate surface area is 216 Å². The van der Waals surface area contributed by atoms with Gasteiger partial charge in [-0.1, -0.05) is 25.1 Å². The third kappa shape index (κ3) is 6.40. The minimum Gasteiger partial charge on any atom is -0.493 e. The van der Waals surface area contributed by atoms with Crippen molar-refractivity contribution in [1.29, 1.82) is 5.41 Å². The summed E-state index contributed by atoms with van der Waals surface area (Å²) in [4.78, 5) is 12.6. The van der Waals surface area contributed by atoms with Gasteiger partial charge < -0.3 is 20.1 Å². The molecule has 2 aromatic heterocycles. The highest BCUT2D eigenvalue weighted by Crippen LogP contribution is 2.34. The molecule has 0 saturated carbocycles. The lowest BCUT2D eigenvalue weighted by molar-refractivity contribution is 0.247. The Balaban J connectivity index is 1.31. The Kier molecular flexibility index (Phi) is 8.52. The lowest BCUT2D eigenvalue weighted by Gasteiger charge is -2.15. The van der Waals surface area contributed by atoms with Crippen molar-refractivity contribution in [2.24, 2.45) is 5.73 Å². The summed E-state index contributed by atoms with van der Waals surface area (Å²) in [6.07, 6.45) is 5.32. The molecule has 0 bridgehead atoms. The van der Waals surface area contributed by atoms with E-state index < -0.39 is 0 Å². The second kappa shape index (κ2) is 12.2. The number of nitrogens with two attached hydrogens (primary N) is 1. The van der Waals surface area contributed by atoms with Crippen molar-refractivity contribution in [2.75, 3.05) is 25.2 Å². The van der Waals surface area contributed by atoms with Gasteiger partial charge in [-0.25, -0.2) is 4.98 Å². The molecule has 0 aliphatic heterocycles. The molecule has 0 amide bonds. The van der Waals surface area contributed by atoms with Gasteiger partial charge in [-0.3, -0.25) is 10.4 Å². The molecule has 0 aliphatic rings. The average molecular weight is 502 g/mol. The molecule has 4 rings (SSSR count). The first-order valence-electron chi connectivity index (χ1n) is 11.9. The lowest BCUT2D eigenvalue weighted by atomic mass is 10.1. The number of benzene rings is 2. The molecule has 0 spiro atoms. The molecule has 186 valence electrons. The molecule has 36 heavy (non-hydrogen) atoms. The Morgan fingerprint density at radius 2 is 1.81 bits per heavy atom. The number of thiazole rings is 1. The highest BCUT2D eigenvalue weighted by atomic mass is 32.1. The zero-order valence-electron chi connectivity index (χ0n) is 20.6. The number of anilines is 1. The summed E-state index contributed by atoms with van der Waals surface area (Å²) in [6, 6.07) is 19.4. The van der Waals surface area contributed by atoms with Crippen LogP contribution in [0.4, 0.5) is 5.13 Å². The normalized spacial score (nSPS) is 10.7. The van der Waals surface area contributed by atoms with E-state index in [-0.39, 0.29) is 5.84 Å². The van der Waals surface area contributed by atoms with Crippen molar-refractivity contribution in [2.45, 2.75) is 26.3 Å². The summed E-state index contributed by atoms with van der Waals surface area (Å²) < 4.78 is 11.7. The van der Waals surface area contributed by atoms with E-state index in [1.807, 2.05) is 42.6 Å². The number of para-hydroxylation sites is 1. The first kappa shape index (κ1) is 25.2. The van der Waals surface area contributed by atoms with Gasteiger partial charge in [-0.15, -0.1) is 11.3 Å². The molecule has 4 aromatic rings. The van der Waals surface area contributed by atoms with Crippen LogP contribution in [0.3, 0.4) is 0 Å². The number of aryl methyl sites for hydroxylation is 1. The van der Waals surface area contributed by atoms with Crippen LogP contribution in [-0.2, 0) is 13.0 Å². The first-order chi connectivity index (χ1) is 17.5. The highest BCUT2D eigenvalue weighted by Gasteiger charge is 2.15. The number of nitrogen functional groups attached to an aromatic ring is 1. The molecule has 0 saturated heterocycles. The Morgan fingerprint density at radius 3 is 2.53 bits per heavy atom. The van der Waals surface area contributed by atoms with Crippen molar-refractivity contribution >= 4 is 22.3 Å². The molecule has 0 atom stereocenters. The number of pyridine rings is 1. The minimum absolute atomic E-state index is 0.000502. The molecule has 0 radical (unpaired) electrons. The van der Waals surface area contributed by atoms with Crippen molar-refractivity contribution in [1.82, 2.24) is 9.97 Å². The maximum absolute atomic E-state index is 7.64. The zero-order valence-corrected chi connectivity index (χ0v) is 21.4. The van der Waals surface area contributed by atoms with E-state index in [2.05, 4.69) is 42.1 Å². The number of hydrogen-bond acceptors (Lipinski definition) is 7. The molecular formula is C28H31N5O2S. The van der Waals surface area contributed by atoms with E-state index >= 15 is 0 Å². The van der Waals surface area contributed by atoms with Gasteiger partial charge >= 0.3 is 0 Å². The summed E-state index contributed by atoms with van der Waals surface area (Å²) in [6.45, 7) is 3.94. The van der Waals surface area contributed by atoms with Crippen molar-refractivity contribution in [3.05, 3.63) is 89.1 Å². The molecule has 0 unspecified atom stereocenters. The SMILES string of the molecule is CCc1sc(N(C)Cc2cccnc2)nc1-c1ccc(OCCCOc2ccccc2C(=N)N)cc1. The zero-order chi connectivity index (χ0) is 25.3. The number of nitrogens with zero attached hydrogens (tertiary/aromatic N) is 3. The predicted molar refractivity (Wildman–Crippen MR) is 146 cm³/mol. The van der Waals surface area contributed by atoms with Crippen LogP contribution in [0.2, 0.25) is 0 Å². The minimum atomic E-state index is 0.000502. The maximum atomic E-state index is 7.64. The molecule has 0 aliphatic carbocycles. The fourth-order valence-corrected chi connectivity index (χ4v) is 4.74. The fraction of sp³-hybridized carbons (Fsp3) is 0.250. The van der Waals surface area contributed by atoms with Gasteiger partial charge in [0.05, 0.1) is 24.5 Å². The van der Waals surface area contributed by atoms with Crippen LogP contribution in [0.25, 0.3) is 11.3 Å². The smallest absolute Gasteiger partial charge is 0.186 e. The van der Waals surface area contributed by atoms with Crippen LogP contribution in [0, 0.1) is 5.41 Å². The second-order valence-corrected chi connectivity index (χ2v) is 9.39. The van der Waals surface area contributed by atoms with Crippen LogP contribution in [0.5, 0.6) is 11.5 Å². The maximum Gasteiger partial charge on any atom is 0.186 e. The van der Waals surface area contributed by atoms with Crippen molar-refractivity contribution in [3.8, 4) is 22.8 Å². The van der Waals surface area contributed by atoms with Gasteiger partial charge in [0.15, 0.2) is 5.13 Å². The summed E-state index contributed by atoms with van der Waals surface area (Å²) in [5.74, 6) is 1.43. The van der Waals surface area contributed by atoms with E-state index in [1.165, 1.54) is 4.88 Å². The lowest BCUT2D eigenvalue weighted by Crippen LogP contribution is -2.16. The van der Waals surface area contributed by atoms with Gasteiger partial charge in [0.1, 0.15) is 17.3 Å². The summed E-state index contributed by atoms with van der Waals surface area (Å²) in [5, 5.41) is 8.64. The quantitative estimate of drug-likeness (QED) is 0.150. The monoisotopic (exact) mass is 501 g/mol. The molecule has 0 fully saturated rings. The summed E-state index contributed by atoms with van der Waals surface area (Å²) in [5.41, 5.74) is 9.48. The number of rotatable bonds is 12. The highest BCUT2D eigenvalue weighted by molar-refractivity contribution is 7.16.